The summed E-state index contributed by atoms with van der Waals surface area (Å²) in [7, 11) is 1.71. The zero-order chi connectivity index (χ0) is 30.0. The van der Waals surface area contributed by atoms with Crippen molar-refractivity contribution < 1.29 is 55.6 Å². The summed E-state index contributed by atoms with van der Waals surface area (Å²) in [6.45, 7) is 7.03. The van der Waals surface area contributed by atoms with E-state index in [1.165, 1.54) is 10.6 Å². The van der Waals surface area contributed by atoms with Gasteiger partial charge in [0.1, 0.15) is 10.8 Å². The van der Waals surface area contributed by atoms with E-state index in [4.69, 9.17) is 29.3 Å². The Kier molecular flexibility index (Phi) is 12.2. The first-order valence-corrected chi connectivity index (χ1v) is 12.7. The molecular formula is C24H29F6N3O6S. The number of ether oxygens (including phenoxy) is 2. The summed E-state index contributed by atoms with van der Waals surface area (Å²) >= 11 is 1.75. The van der Waals surface area contributed by atoms with Gasteiger partial charge in [0, 0.05) is 44.3 Å². The highest BCUT2D eigenvalue weighted by Crippen LogP contribution is 2.31. The summed E-state index contributed by atoms with van der Waals surface area (Å²) < 4.78 is 75.0. The number of hydrogen-bond donors (Lipinski definition) is 2. The van der Waals surface area contributed by atoms with Crippen LogP contribution in [0.5, 0.6) is 5.75 Å². The van der Waals surface area contributed by atoms with Crippen molar-refractivity contribution in [2.75, 3.05) is 39.9 Å². The molecule has 0 radical (unpaired) electrons. The van der Waals surface area contributed by atoms with Crippen LogP contribution in [-0.4, -0.2) is 94.8 Å². The third kappa shape index (κ3) is 11.3. The van der Waals surface area contributed by atoms with Crippen LogP contribution in [0.4, 0.5) is 26.3 Å². The number of morpholine rings is 1. The van der Waals surface area contributed by atoms with E-state index in [1.54, 1.807) is 18.4 Å². The van der Waals surface area contributed by atoms with Crippen molar-refractivity contribution in [3.63, 3.8) is 0 Å². The summed E-state index contributed by atoms with van der Waals surface area (Å²) in [6, 6.07) is 8.41. The van der Waals surface area contributed by atoms with Crippen LogP contribution in [0.1, 0.15) is 23.4 Å². The quantitative estimate of drug-likeness (QED) is 0.485. The third-order valence-corrected chi connectivity index (χ3v) is 6.75. The third-order valence-electron chi connectivity index (χ3n) is 5.99. The van der Waals surface area contributed by atoms with E-state index in [0.717, 1.165) is 64.5 Å². The lowest BCUT2D eigenvalue weighted by molar-refractivity contribution is -0.193. The second-order valence-corrected chi connectivity index (χ2v) is 9.88. The van der Waals surface area contributed by atoms with E-state index in [1.807, 2.05) is 18.3 Å². The summed E-state index contributed by atoms with van der Waals surface area (Å²) in [6.07, 6.45) is -6.05. The molecule has 0 bridgehead atoms. The molecule has 2 saturated heterocycles. The molecule has 2 N–H and O–H groups in total. The van der Waals surface area contributed by atoms with Gasteiger partial charge in [-0.1, -0.05) is 12.1 Å². The summed E-state index contributed by atoms with van der Waals surface area (Å²) in [5.74, 6) is -4.60. The molecule has 4 rings (SSSR count). The summed E-state index contributed by atoms with van der Waals surface area (Å²) in [4.78, 5) is 27.3. The Bertz CT molecular complexity index is 1030. The SMILES string of the molecule is COc1ccc(CN2CCC3(CC2)CN(Cc2nccs2)CCO3)cc1.O=C(O)C(F)(F)F.O=C(O)C(F)(F)F. The minimum absolute atomic E-state index is 0.0336. The van der Waals surface area contributed by atoms with E-state index in [9.17, 15) is 26.3 Å². The van der Waals surface area contributed by atoms with Gasteiger partial charge in [-0.2, -0.15) is 26.3 Å². The predicted molar refractivity (Wildman–Crippen MR) is 131 cm³/mol. The van der Waals surface area contributed by atoms with Crippen LogP contribution in [0.2, 0.25) is 0 Å². The fourth-order valence-corrected chi connectivity index (χ4v) is 4.65. The molecule has 2 fully saturated rings. The minimum atomic E-state index is -5.08. The average Bonchev–Trinajstić information content (AvgIpc) is 3.39. The van der Waals surface area contributed by atoms with E-state index < -0.39 is 24.3 Å². The Morgan fingerprint density at radius 2 is 1.52 bits per heavy atom. The van der Waals surface area contributed by atoms with Crippen LogP contribution in [-0.2, 0) is 27.4 Å². The summed E-state index contributed by atoms with van der Waals surface area (Å²) in [5, 5.41) is 17.5. The van der Waals surface area contributed by atoms with Crippen LogP contribution in [0.25, 0.3) is 0 Å². The number of alkyl halides is 6. The number of halogens is 6. The number of hydrogen-bond acceptors (Lipinski definition) is 8. The molecule has 1 aromatic carbocycles. The van der Waals surface area contributed by atoms with Gasteiger partial charge in [0.05, 0.1) is 25.9 Å². The smallest absolute Gasteiger partial charge is 0.490 e. The van der Waals surface area contributed by atoms with Gasteiger partial charge in [-0.3, -0.25) is 9.80 Å². The molecule has 0 aliphatic carbocycles. The minimum Gasteiger partial charge on any atom is -0.497 e. The van der Waals surface area contributed by atoms with Crippen molar-refractivity contribution in [1.82, 2.24) is 14.8 Å². The van der Waals surface area contributed by atoms with Gasteiger partial charge < -0.3 is 19.7 Å². The largest absolute Gasteiger partial charge is 0.497 e. The second kappa shape index (κ2) is 14.6. The number of methoxy groups -OCH3 is 1. The first-order valence-electron chi connectivity index (χ1n) is 11.8. The van der Waals surface area contributed by atoms with Crippen LogP contribution < -0.4 is 4.74 Å². The van der Waals surface area contributed by atoms with Crippen LogP contribution in [0.15, 0.2) is 35.8 Å². The topological polar surface area (TPSA) is 112 Å². The van der Waals surface area contributed by atoms with E-state index in [0.29, 0.717) is 0 Å². The molecule has 0 unspecified atom stereocenters. The molecule has 1 spiro atoms. The van der Waals surface area contributed by atoms with Crippen molar-refractivity contribution in [3.05, 3.63) is 46.4 Å². The summed E-state index contributed by atoms with van der Waals surface area (Å²) in [5.41, 5.74) is 1.38. The number of carboxylic acid groups (broad SMARTS) is 2. The van der Waals surface area contributed by atoms with E-state index in [2.05, 4.69) is 32.3 Å². The lowest BCUT2D eigenvalue weighted by atomic mass is 9.89. The maximum atomic E-state index is 10.6. The number of rotatable bonds is 5. The molecule has 40 heavy (non-hydrogen) atoms. The van der Waals surface area contributed by atoms with Crippen molar-refractivity contribution in [3.8, 4) is 5.75 Å². The molecule has 3 heterocycles. The lowest BCUT2D eigenvalue weighted by Gasteiger charge is -2.47. The number of nitrogens with zero attached hydrogens (tertiary/aromatic N) is 3. The lowest BCUT2D eigenvalue weighted by Crippen LogP contribution is -2.56. The fraction of sp³-hybridized carbons (Fsp3) is 0.542. The molecule has 0 atom stereocenters. The Labute approximate surface area is 229 Å². The van der Waals surface area contributed by atoms with Crippen molar-refractivity contribution in [2.45, 2.75) is 43.9 Å². The number of aromatic nitrogens is 1. The first-order chi connectivity index (χ1) is 18.6. The molecule has 16 heteroatoms. The van der Waals surface area contributed by atoms with Crippen LogP contribution >= 0.6 is 11.3 Å². The first kappa shape index (κ1) is 33.3. The molecular weight excluding hydrogens is 572 g/mol. The highest BCUT2D eigenvalue weighted by Gasteiger charge is 2.40. The molecule has 0 amide bonds. The molecule has 2 aromatic rings. The van der Waals surface area contributed by atoms with Gasteiger partial charge in [-0.05, 0) is 30.5 Å². The van der Waals surface area contributed by atoms with Gasteiger partial charge >= 0.3 is 24.3 Å². The maximum absolute atomic E-state index is 10.6. The Morgan fingerprint density at radius 3 is 1.98 bits per heavy atom. The second-order valence-electron chi connectivity index (χ2n) is 8.90. The van der Waals surface area contributed by atoms with Crippen LogP contribution in [0.3, 0.4) is 0 Å². The van der Waals surface area contributed by atoms with Gasteiger partial charge in [0.2, 0.25) is 0 Å². The normalized spacial score (nSPS) is 17.7. The Hall–Kier alpha value is -2.95. The molecule has 1 aromatic heterocycles. The maximum Gasteiger partial charge on any atom is 0.490 e. The molecule has 0 saturated carbocycles. The average molecular weight is 602 g/mol. The molecule has 224 valence electrons. The van der Waals surface area contributed by atoms with Crippen molar-refractivity contribution in [2.24, 2.45) is 0 Å². The standard InChI is InChI=1S/C20H27N3O2S.2C2HF3O2/c1-24-18-4-2-17(3-5-18)14-22-9-6-20(7-10-22)16-23(11-12-25-20)15-19-21-8-13-26-19;2*3-2(4,5)1(6)7/h2-5,8,13H,6-7,9-12,14-16H2,1H3;2*(H,6,7). The number of likely N-dealkylation sites (tertiary alicyclic amines) is 1. The van der Waals surface area contributed by atoms with Crippen LogP contribution in [0, 0.1) is 0 Å². The zero-order valence-corrected chi connectivity index (χ0v) is 22.2. The number of aliphatic carboxylic acids is 2. The van der Waals surface area contributed by atoms with Crippen molar-refractivity contribution >= 4 is 23.3 Å². The van der Waals surface area contributed by atoms with E-state index >= 15 is 0 Å². The van der Waals surface area contributed by atoms with Gasteiger partial charge in [-0.25, -0.2) is 14.6 Å². The fourth-order valence-electron chi connectivity index (χ4n) is 3.99. The molecule has 2 aliphatic heterocycles. The predicted octanol–water partition coefficient (Wildman–Crippen LogP) is 4.29. The molecule has 2 aliphatic rings. The zero-order valence-electron chi connectivity index (χ0n) is 21.4. The number of carbonyl (C=O) groups is 2. The van der Waals surface area contributed by atoms with Crippen molar-refractivity contribution in [1.29, 1.82) is 0 Å². The Balaban J connectivity index is 0.000000333. The van der Waals surface area contributed by atoms with Gasteiger partial charge in [0.25, 0.3) is 0 Å². The van der Waals surface area contributed by atoms with Gasteiger partial charge in [0.15, 0.2) is 0 Å². The monoisotopic (exact) mass is 601 g/mol. The Morgan fingerprint density at radius 1 is 0.975 bits per heavy atom. The highest BCUT2D eigenvalue weighted by molar-refractivity contribution is 7.09. The van der Waals surface area contributed by atoms with Gasteiger partial charge in [-0.15, -0.1) is 11.3 Å². The number of thiazole rings is 1. The number of benzene rings is 1. The number of carboxylic acids is 2. The molecule has 9 nitrogen and oxygen atoms in total. The highest BCUT2D eigenvalue weighted by atomic mass is 32.1. The van der Waals surface area contributed by atoms with E-state index in [-0.39, 0.29) is 5.60 Å². The number of piperidine rings is 1.